The number of anilines is 1. The van der Waals surface area contributed by atoms with Gasteiger partial charge in [0, 0.05) is 30.1 Å². The fourth-order valence-electron chi connectivity index (χ4n) is 1.49. The van der Waals surface area contributed by atoms with Crippen LogP contribution in [0.4, 0.5) is 10.5 Å². The van der Waals surface area contributed by atoms with Crippen LogP contribution in [0, 0.1) is 6.92 Å². The molecule has 1 N–H and O–H groups in total. The Kier molecular flexibility index (Phi) is 4.98. The summed E-state index contributed by atoms with van der Waals surface area (Å²) in [4.78, 5) is 30.1. The number of carbonyl (C=O) groups excluding carboxylic acids is 2. The van der Waals surface area contributed by atoms with Crippen molar-refractivity contribution < 1.29 is 9.59 Å². The van der Waals surface area contributed by atoms with Crippen LogP contribution in [-0.4, -0.2) is 35.1 Å². The van der Waals surface area contributed by atoms with Gasteiger partial charge in [-0.1, -0.05) is 6.07 Å². The van der Waals surface area contributed by atoms with Gasteiger partial charge < -0.3 is 10.2 Å². The summed E-state index contributed by atoms with van der Waals surface area (Å²) in [6, 6.07) is 7.17. The number of hydrogen-bond donors (Lipinski definition) is 1. The maximum absolute atomic E-state index is 12.0. The molecule has 2 aromatic rings. The lowest BCUT2D eigenvalue weighted by molar-refractivity contribution is 0.102. The lowest BCUT2D eigenvalue weighted by Crippen LogP contribution is -2.16. The van der Waals surface area contributed by atoms with E-state index in [2.05, 4.69) is 10.3 Å². The van der Waals surface area contributed by atoms with Crippen LogP contribution in [0.2, 0.25) is 0 Å². The van der Waals surface area contributed by atoms with Gasteiger partial charge in [-0.25, -0.2) is 4.98 Å². The molecule has 0 atom stereocenters. The molecule has 0 aliphatic carbocycles. The zero-order valence-electron chi connectivity index (χ0n) is 11.9. The number of rotatable bonds is 3. The lowest BCUT2D eigenvalue weighted by atomic mass is 10.3. The summed E-state index contributed by atoms with van der Waals surface area (Å²) in [7, 11) is 3.40. The molecule has 2 rings (SSSR count). The maximum Gasteiger partial charge on any atom is 0.285 e. The summed E-state index contributed by atoms with van der Waals surface area (Å²) in [6.45, 7) is 1.85. The van der Waals surface area contributed by atoms with Crippen LogP contribution in [-0.2, 0) is 0 Å². The molecule has 110 valence electrons. The third kappa shape index (κ3) is 4.30. The number of aromatic nitrogens is 1. The van der Waals surface area contributed by atoms with E-state index in [1.54, 1.807) is 37.7 Å². The maximum atomic E-state index is 12.0. The van der Waals surface area contributed by atoms with E-state index in [1.807, 2.05) is 13.0 Å². The second-order valence-corrected chi connectivity index (χ2v) is 6.58. The molecule has 0 aliphatic rings. The summed E-state index contributed by atoms with van der Waals surface area (Å²) in [5.74, 6) is -0.250. The van der Waals surface area contributed by atoms with E-state index in [-0.39, 0.29) is 11.1 Å². The number of carbonyl (C=O) groups is 2. The van der Waals surface area contributed by atoms with E-state index < -0.39 is 0 Å². The summed E-state index contributed by atoms with van der Waals surface area (Å²) >= 11 is 2.55. The number of thioether (sulfide) groups is 1. The highest BCUT2D eigenvalue weighted by Crippen LogP contribution is 2.24. The fraction of sp³-hybridized carbons (Fsp3) is 0.214. The molecule has 1 aromatic heterocycles. The molecule has 0 radical (unpaired) electrons. The highest BCUT2D eigenvalue weighted by molar-refractivity contribution is 8.13. The Morgan fingerprint density at radius 2 is 2.10 bits per heavy atom. The topological polar surface area (TPSA) is 62.3 Å². The van der Waals surface area contributed by atoms with Crippen molar-refractivity contribution in [2.24, 2.45) is 0 Å². The van der Waals surface area contributed by atoms with Gasteiger partial charge in [0.15, 0.2) is 0 Å². The minimum Gasteiger partial charge on any atom is -0.339 e. The second-order valence-electron chi connectivity index (χ2n) is 4.50. The number of benzene rings is 1. The van der Waals surface area contributed by atoms with E-state index in [4.69, 9.17) is 0 Å². The first-order chi connectivity index (χ1) is 9.95. The normalized spacial score (nSPS) is 10.2. The quantitative estimate of drug-likeness (QED) is 0.879. The SMILES string of the molecule is Cc1nc(C(=O)Nc2cccc(SC(=O)N(C)C)c2)cs1. The zero-order chi connectivity index (χ0) is 15.4. The Balaban J connectivity index is 2.07. The number of hydrogen-bond acceptors (Lipinski definition) is 5. The van der Waals surface area contributed by atoms with Crippen LogP contribution >= 0.6 is 23.1 Å². The van der Waals surface area contributed by atoms with Crippen LogP contribution in [0.5, 0.6) is 0 Å². The highest BCUT2D eigenvalue weighted by Gasteiger charge is 2.11. The van der Waals surface area contributed by atoms with Crippen molar-refractivity contribution in [2.45, 2.75) is 11.8 Å². The van der Waals surface area contributed by atoms with Gasteiger partial charge in [-0.3, -0.25) is 9.59 Å². The Labute approximate surface area is 131 Å². The molecule has 0 spiro atoms. The number of aryl methyl sites for hydroxylation is 1. The summed E-state index contributed by atoms with van der Waals surface area (Å²) in [5, 5.41) is 5.29. The third-order valence-electron chi connectivity index (χ3n) is 2.51. The van der Waals surface area contributed by atoms with Gasteiger partial charge in [0.2, 0.25) is 0 Å². The van der Waals surface area contributed by atoms with Gasteiger partial charge in [-0.15, -0.1) is 11.3 Å². The average molecular weight is 321 g/mol. The Hall–Kier alpha value is -1.86. The van der Waals surface area contributed by atoms with E-state index in [9.17, 15) is 9.59 Å². The van der Waals surface area contributed by atoms with Crippen LogP contribution < -0.4 is 5.32 Å². The lowest BCUT2D eigenvalue weighted by Gasteiger charge is -2.10. The Morgan fingerprint density at radius 3 is 2.71 bits per heavy atom. The van der Waals surface area contributed by atoms with Gasteiger partial charge in [0.1, 0.15) is 5.69 Å². The molecule has 0 unspecified atom stereocenters. The van der Waals surface area contributed by atoms with Crippen molar-refractivity contribution in [3.05, 3.63) is 40.3 Å². The molecule has 2 amide bonds. The third-order valence-corrected chi connectivity index (χ3v) is 4.32. The molecule has 0 bridgehead atoms. The van der Waals surface area contributed by atoms with Crippen LogP contribution in [0.25, 0.3) is 0 Å². The Bertz CT molecular complexity index is 668. The predicted molar refractivity (Wildman–Crippen MR) is 86.2 cm³/mol. The van der Waals surface area contributed by atoms with Crippen molar-refractivity contribution >= 4 is 39.9 Å². The predicted octanol–water partition coefficient (Wildman–Crippen LogP) is 3.48. The largest absolute Gasteiger partial charge is 0.339 e. The summed E-state index contributed by atoms with van der Waals surface area (Å²) in [6.07, 6.45) is 0. The minimum atomic E-state index is -0.250. The molecule has 1 heterocycles. The molecule has 7 heteroatoms. The smallest absolute Gasteiger partial charge is 0.285 e. The monoisotopic (exact) mass is 321 g/mol. The van der Waals surface area contributed by atoms with Gasteiger partial charge in [0.25, 0.3) is 11.1 Å². The molecule has 0 aliphatic heterocycles. The van der Waals surface area contributed by atoms with E-state index in [1.165, 1.54) is 16.2 Å². The first-order valence-electron chi connectivity index (χ1n) is 6.18. The molecular weight excluding hydrogens is 306 g/mol. The van der Waals surface area contributed by atoms with Crippen molar-refractivity contribution in [3.63, 3.8) is 0 Å². The number of nitrogens with zero attached hydrogens (tertiary/aromatic N) is 2. The molecule has 0 fully saturated rings. The summed E-state index contributed by atoms with van der Waals surface area (Å²) < 4.78 is 0. The Morgan fingerprint density at radius 1 is 1.33 bits per heavy atom. The molecule has 1 aromatic carbocycles. The molecule has 21 heavy (non-hydrogen) atoms. The fourth-order valence-corrected chi connectivity index (χ4v) is 2.80. The average Bonchev–Trinajstić information content (AvgIpc) is 2.86. The van der Waals surface area contributed by atoms with Crippen molar-refractivity contribution in [1.82, 2.24) is 9.88 Å². The minimum absolute atomic E-state index is 0.0615. The van der Waals surface area contributed by atoms with Gasteiger partial charge >= 0.3 is 0 Å². The summed E-state index contributed by atoms with van der Waals surface area (Å²) in [5.41, 5.74) is 1.04. The first kappa shape index (κ1) is 15.5. The molecule has 0 saturated heterocycles. The number of amides is 2. The first-order valence-corrected chi connectivity index (χ1v) is 7.88. The van der Waals surface area contributed by atoms with E-state index >= 15 is 0 Å². The van der Waals surface area contributed by atoms with Gasteiger partial charge in [-0.2, -0.15) is 0 Å². The van der Waals surface area contributed by atoms with Gasteiger partial charge in [0.05, 0.1) is 5.01 Å². The second kappa shape index (κ2) is 6.73. The van der Waals surface area contributed by atoms with Crippen molar-refractivity contribution in [2.75, 3.05) is 19.4 Å². The van der Waals surface area contributed by atoms with E-state index in [0.717, 1.165) is 21.7 Å². The molecule has 0 saturated carbocycles. The van der Waals surface area contributed by atoms with E-state index in [0.29, 0.717) is 11.4 Å². The highest BCUT2D eigenvalue weighted by atomic mass is 32.2. The number of thiazole rings is 1. The standard InChI is InChI=1S/C14H15N3O2S2/c1-9-15-12(8-20-9)13(18)16-10-5-4-6-11(7-10)21-14(19)17(2)3/h4-8H,1-3H3,(H,16,18). The zero-order valence-corrected chi connectivity index (χ0v) is 13.5. The van der Waals surface area contributed by atoms with Gasteiger partial charge in [-0.05, 0) is 36.9 Å². The van der Waals surface area contributed by atoms with Crippen molar-refractivity contribution in [1.29, 1.82) is 0 Å². The molecule has 5 nitrogen and oxygen atoms in total. The van der Waals surface area contributed by atoms with Crippen molar-refractivity contribution in [3.8, 4) is 0 Å². The van der Waals surface area contributed by atoms with Crippen LogP contribution in [0.1, 0.15) is 15.5 Å². The van der Waals surface area contributed by atoms with Crippen LogP contribution in [0.3, 0.4) is 0 Å². The number of nitrogens with one attached hydrogen (secondary N) is 1. The molecular formula is C14H15N3O2S2. The van der Waals surface area contributed by atoms with Crippen LogP contribution in [0.15, 0.2) is 34.5 Å².